The zero-order valence-electron chi connectivity index (χ0n) is 8.92. The minimum atomic E-state index is -1.33. The highest BCUT2D eigenvalue weighted by Crippen LogP contribution is 1.96. The summed E-state index contributed by atoms with van der Waals surface area (Å²) in [5, 5.41) is 26.0. The molecule has 0 spiro atoms. The summed E-state index contributed by atoms with van der Waals surface area (Å²) in [5.74, 6) is -3.25. The lowest BCUT2D eigenvalue weighted by Crippen LogP contribution is -2.53. The SMILES string of the molecule is NC(=O)CC[C@@H](NN[C@@H](CO)C(=O)O)C(=O)O. The van der Waals surface area contributed by atoms with E-state index in [0.717, 1.165) is 0 Å². The van der Waals surface area contributed by atoms with Crippen molar-refractivity contribution in [2.45, 2.75) is 24.9 Å². The van der Waals surface area contributed by atoms with Gasteiger partial charge in [-0.05, 0) is 6.42 Å². The predicted molar refractivity (Wildman–Crippen MR) is 54.6 cm³/mol. The van der Waals surface area contributed by atoms with Crippen molar-refractivity contribution in [2.75, 3.05) is 6.61 Å². The van der Waals surface area contributed by atoms with Gasteiger partial charge in [0, 0.05) is 6.42 Å². The minimum Gasteiger partial charge on any atom is -0.480 e. The van der Waals surface area contributed by atoms with E-state index < -0.39 is 36.5 Å². The number of rotatable bonds is 9. The molecule has 0 aliphatic rings. The first-order valence-electron chi connectivity index (χ1n) is 4.74. The molecule has 0 aliphatic heterocycles. The lowest BCUT2D eigenvalue weighted by atomic mass is 10.1. The average molecular weight is 249 g/mol. The Balaban J connectivity index is 4.21. The van der Waals surface area contributed by atoms with E-state index >= 15 is 0 Å². The third-order valence-electron chi connectivity index (χ3n) is 1.89. The minimum absolute atomic E-state index is 0.0879. The zero-order chi connectivity index (χ0) is 13.4. The van der Waals surface area contributed by atoms with Crippen molar-refractivity contribution in [3.8, 4) is 0 Å². The van der Waals surface area contributed by atoms with Crippen molar-refractivity contribution in [3.63, 3.8) is 0 Å². The molecule has 0 aromatic carbocycles. The Morgan fingerprint density at radius 3 is 1.88 bits per heavy atom. The van der Waals surface area contributed by atoms with Crippen molar-refractivity contribution in [2.24, 2.45) is 5.73 Å². The Bertz CT molecular complexity index is 295. The molecule has 0 aliphatic carbocycles. The maximum Gasteiger partial charge on any atom is 0.324 e. The van der Waals surface area contributed by atoms with Crippen LogP contribution in [0.15, 0.2) is 0 Å². The number of primary amides is 1. The van der Waals surface area contributed by atoms with Crippen LogP contribution in [0.25, 0.3) is 0 Å². The van der Waals surface area contributed by atoms with E-state index in [-0.39, 0.29) is 12.8 Å². The van der Waals surface area contributed by atoms with Crippen molar-refractivity contribution in [1.29, 1.82) is 0 Å². The lowest BCUT2D eigenvalue weighted by molar-refractivity contribution is -0.144. The number of carbonyl (C=O) groups excluding carboxylic acids is 1. The molecule has 17 heavy (non-hydrogen) atoms. The molecule has 9 nitrogen and oxygen atoms in total. The number of carboxylic acids is 2. The quantitative estimate of drug-likeness (QED) is 0.239. The van der Waals surface area contributed by atoms with Crippen LogP contribution in [0.5, 0.6) is 0 Å². The van der Waals surface area contributed by atoms with Crippen LogP contribution in [0.2, 0.25) is 0 Å². The van der Waals surface area contributed by atoms with Crippen LogP contribution in [0.4, 0.5) is 0 Å². The van der Waals surface area contributed by atoms with Gasteiger partial charge in [0.25, 0.3) is 0 Å². The molecule has 0 fully saturated rings. The summed E-state index contributed by atoms with van der Waals surface area (Å²) < 4.78 is 0. The molecule has 0 aromatic rings. The average Bonchev–Trinajstić information content (AvgIpc) is 2.21. The van der Waals surface area contributed by atoms with Gasteiger partial charge in [-0.2, -0.15) is 0 Å². The molecule has 0 rings (SSSR count). The Kier molecular flexibility index (Phi) is 6.79. The first-order chi connectivity index (χ1) is 7.88. The molecule has 0 aromatic heterocycles. The highest BCUT2D eigenvalue weighted by atomic mass is 16.4. The van der Waals surface area contributed by atoms with Gasteiger partial charge in [-0.25, -0.2) is 10.9 Å². The first-order valence-corrected chi connectivity index (χ1v) is 4.74. The van der Waals surface area contributed by atoms with Gasteiger partial charge in [-0.1, -0.05) is 0 Å². The van der Waals surface area contributed by atoms with Crippen LogP contribution < -0.4 is 16.6 Å². The fourth-order valence-electron chi connectivity index (χ4n) is 0.931. The second kappa shape index (κ2) is 7.54. The number of nitrogens with one attached hydrogen (secondary N) is 2. The molecule has 0 bridgehead atoms. The number of hydrogen-bond donors (Lipinski definition) is 6. The van der Waals surface area contributed by atoms with E-state index in [0.29, 0.717) is 0 Å². The number of carboxylic acid groups (broad SMARTS) is 2. The monoisotopic (exact) mass is 249 g/mol. The second-order valence-electron chi connectivity index (χ2n) is 3.26. The van der Waals surface area contributed by atoms with E-state index in [9.17, 15) is 14.4 Å². The molecule has 0 saturated heterocycles. The van der Waals surface area contributed by atoms with Gasteiger partial charge in [0.15, 0.2) is 0 Å². The fourth-order valence-corrected chi connectivity index (χ4v) is 0.931. The number of hydrogen-bond acceptors (Lipinski definition) is 6. The van der Waals surface area contributed by atoms with E-state index in [1.54, 1.807) is 0 Å². The highest BCUT2D eigenvalue weighted by Gasteiger charge is 2.21. The maximum atomic E-state index is 10.7. The largest absolute Gasteiger partial charge is 0.480 e. The summed E-state index contributed by atoms with van der Waals surface area (Å²) in [4.78, 5) is 31.7. The molecule has 0 saturated carbocycles. The molecule has 7 N–H and O–H groups in total. The van der Waals surface area contributed by atoms with Crippen LogP contribution in [-0.2, 0) is 14.4 Å². The van der Waals surface area contributed by atoms with E-state index in [1.165, 1.54) is 0 Å². The van der Waals surface area contributed by atoms with Gasteiger partial charge in [-0.3, -0.25) is 14.4 Å². The predicted octanol–water partition coefficient (Wildman–Crippen LogP) is -2.76. The number of aliphatic hydroxyl groups excluding tert-OH is 1. The van der Waals surface area contributed by atoms with Crippen LogP contribution in [0.3, 0.4) is 0 Å². The van der Waals surface area contributed by atoms with Gasteiger partial charge < -0.3 is 21.1 Å². The molecular formula is C8H15N3O6. The number of amides is 1. The van der Waals surface area contributed by atoms with Crippen LogP contribution in [0, 0.1) is 0 Å². The van der Waals surface area contributed by atoms with Crippen molar-refractivity contribution < 1.29 is 29.7 Å². The second-order valence-corrected chi connectivity index (χ2v) is 3.26. The number of carbonyl (C=O) groups is 3. The molecule has 0 unspecified atom stereocenters. The Labute approximate surface area is 96.6 Å². The topological polar surface area (TPSA) is 162 Å². The van der Waals surface area contributed by atoms with Gasteiger partial charge in [-0.15, -0.1) is 0 Å². The summed E-state index contributed by atoms with van der Waals surface area (Å²) in [5.41, 5.74) is 9.21. The smallest absolute Gasteiger partial charge is 0.324 e. The van der Waals surface area contributed by atoms with Crippen molar-refractivity contribution in [3.05, 3.63) is 0 Å². The number of aliphatic hydroxyl groups is 1. The van der Waals surface area contributed by atoms with Gasteiger partial charge in [0.05, 0.1) is 6.61 Å². The zero-order valence-corrected chi connectivity index (χ0v) is 8.92. The molecule has 98 valence electrons. The highest BCUT2D eigenvalue weighted by molar-refractivity contribution is 5.77. The van der Waals surface area contributed by atoms with Crippen LogP contribution in [-0.4, -0.2) is 51.9 Å². The summed E-state index contributed by atoms with van der Waals surface area (Å²) in [6.07, 6.45) is -0.238. The summed E-state index contributed by atoms with van der Waals surface area (Å²) >= 11 is 0. The van der Waals surface area contributed by atoms with Crippen LogP contribution >= 0.6 is 0 Å². The van der Waals surface area contributed by atoms with Crippen LogP contribution in [0.1, 0.15) is 12.8 Å². The third-order valence-corrected chi connectivity index (χ3v) is 1.89. The van der Waals surface area contributed by atoms with E-state index in [2.05, 4.69) is 10.9 Å². The van der Waals surface area contributed by atoms with Gasteiger partial charge in [0.1, 0.15) is 12.1 Å². The van der Waals surface area contributed by atoms with E-state index in [1.807, 2.05) is 0 Å². The molecule has 9 heteroatoms. The molecule has 2 atom stereocenters. The molecular weight excluding hydrogens is 234 g/mol. The van der Waals surface area contributed by atoms with Gasteiger partial charge >= 0.3 is 11.9 Å². The summed E-state index contributed by atoms with van der Waals surface area (Å²) in [7, 11) is 0. The summed E-state index contributed by atoms with van der Waals surface area (Å²) in [6, 6.07) is -2.50. The Morgan fingerprint density at radius 2 is 1.53 bits per heavy atom. The standard InChI is InChI=1S/C8H15N3O6/c9-6(13)2-1-4(7(14)15)10-11-5(3-12)8(16)17/h4-5,10-12H,1-3H2,(H2,9,13)(H,14,15)(H,16,17)/t4-,5+/m1/s1. The van der Waals surface area contributed by atoms with Crippen molar-refractivity contribution in [1.82, 2.24) is 10.9 Å². The number of nitrogens with two attached hydrogens (primary N) is 1. The normalized spacial score (nSPS) is 13.9. The fraction of sp³-hybridized carbons (Fsp3) is 0.625. The number of hydrazine groups is 1. The first kappa shape index (κ1) is 15.3. The maximum absolute atomic E-state index is 10.7. The third kappa shape index (κ3) is 6.45. The molecule has 0 heterocycles. The lowest BCUT2D eigenvalue weighted by Gasteiger charge is -2.17. The Hall–Kier alpha value is -1.71. The molecule has 0 radical (unpaired) electrons. The Morgan fingerprint density at radius 1 is 1.06 bits per heavy atom. The van der Waals surface area contributed by atoms with E-state index in [4.69, 9.17) is 21.1 Å². The number of aliphatic carboxylic acids is 2. The molecule has 1 amide bonds. The van der Waals surface area contributed by atoms with Crippen molar-refractivity contribution >= 4 is 17.8 Å². The summed E-state index contributed by atoms with van der Waals surface area (Å²) in [6.45, 7) is -0.704. The van der Waals surface area contributed by atoms with Gasteiger partial charge in [0.2, 0.25) is 5.91 Å².